The molecule has 1 aromatic carbocycles. The van der Waals surface area contributed by atoms with Crippen LogP contribution in [0.2, 0.25) is 0 Å². The second-order valence-electron chi connectivity index (χ2n) is 4.29. The molecule has 0 fully saturated rings. The van der Waals surface area contributed by atoms with Crippen LogP contribution in [-0.2, 0) is 6.54 Å². The number of hydrogen-bond donors (Lipinski definition) is 1. The Hall–Kier alpha value is -2.27. The van der Waals surface area contributed by atoms with Crippen LogP contribution in [0.4, 0.5) is 0 Å². The zero-order valence-electron chi connectivity index (χ0n) is 10.7. The molecule has 0 saturated heterocycles. The van der Waals surface area contributed by atoms with Gasteiger partial charge in [-0.25, -0.2) is 4.68 Å². The van der Waals surface area contributed by atoms with Gasteiger partial charge in [-0.1, -0.05) is 24.3 Å². The van der Waals surface area contributed by atoms with Gasteiger partial charge >= 0.3 is 0 Å². The van der Waals surface area contributed by atoms with E-state index in [-0.39, 0.29) is 0 Å². The minimum absolute atomic E-state index is 0.750. The number of aromatic nitrogens is 4. The van der Waals surface area contributed by atoms with E-state index >= 15 is 0 Å². The molecule has 0 radical (unpaired) electrons. The highest BCUT2D eigenvalue weighted by atomic mass is 15.4. The maximum Gasteiger partial charge on any atom is 0.0783 e. The van der Waals surface area contributed by atoms with E-state index in [9.17, 15) is 0 Å². The smallest absolute Gasteiger partial charge is 0.0783 e. The second kappa shape index (κ2) is 5.16. The van der Waals surface area contributed by atoms with Crippen molar-refractivity contribution in [1.29, 1.82) is 0 Å². The Kier molecular flexibility index (Phi) is 3.20. The van der Waals surface area contributed by atoms with Crippen molar-refractivity contribution in [2.24, 2.45) is 0 Å². The van der Waals surface area contributed by atoms with Crippen LogP contribution >= 0.6 is 0 Å². The van der Waals surface area contributed by atoms with E-state index < -0.39 is 0 Å². The van der Waals surface area contributed by atoms with Crippen molar-refractivity contribution < 1.29 is 0 Å². The SMILES string of the molecule is CCNCc1cnnn1-c1cccc2ccncc12. The zero-order chi connectivity index (χ0) is 13.1. The fourth-order valence-electron chi connectivity index (χ4n) is 2.11. The van der Waals surface area contributed by atoms with Gasteiger partial charge in [-0.05, 0) is 24.1 Å². The molecular weight excluding hydrogens is 238 g/mol. The molecule has 2 aromatic heterocycles. The summed E-state index contributed by atoms with van der Waals surface area (Å²) in [6.07, 6.45) is 5.45. The molecule has 2 heterocycles. The summed E-state index contributed by atoms with van der Waals surface area (Å²) in [5.41, 5.74) is 2.05. The van der Waals surface area contributed by atoms with Gasteiger partial charge in [-0.3, -0.25) is 4.98 Å². The molecule has 0 bridgehead atoms. The van der Waals surface area contributed by atoms with Crippen LogP contribution < -0.4 is 5.32 Å². The summed E-state index contributed by atoms with van der Waals surface area (Å²) < 4.78 is 1.87. The fourth-order valence-corrected chi connectivity index (χ4v) is 2.11. The number of nitrogens with one attached hydrogen (secondary N) is 1. The Labute approximate surface area is 111 Å². The second-order valence-corrected chi connectivity index (χ2v) is 4.29. The van der Waals surface area contributed by atoms with Crippen LogP contribution in [0.5, 0.6) is 0 Å². The molecule has 0 aliphatic rings. The highest BCUT2D eigenvalue weighted by molar-refractivity contribution is 5.89. The van der Waals surface area contributed by atoms with Crippen molar-refractivity contribution in [3.63, 3.8) is 0 Å². The molecule has 5 nitrogen and oxygen atoms in total. The first-order valence-electron chi connectivity index (χ1n) is 6.33. The lowest BCUT2D eigenvalue weighted by Gasteiger charge is -2.09. The predicted molar refractivity (Wildman–Crippen MR) is 74.0 cm³/mol. The molecule has 0 aliphatic heterocycles. The van der Waals surface area contributed by atoms with Gasteiger partial charge in [-0.2, -0.15) is 0 Å². The van der Waals surface area contributed by atoms with E-state index in [1.807, 2.05) is 29.1 Å². The van der Waals surface area contributed by atoms with Crippen LogP contribution in [-0.4, -0.2) is 26.5 Å². The monoisotopic (exact) mass is 253 g/mol. The molecule has 1 N–H and O–H groups in total. The van der Waals surface area contributed by atoms with Gasteiger partial charge in [0.1, 0.15) is 0 Å². The van der Waals surface area contributed by atoms with Gasteiger partial charge in [0.15, 0.2) is 0 Å². The molecule has 0 aliphatic carbocycles. The van der Waals surface area contributed by atoms with E-state index in [1.54, 1.807) is 12.4 Å². The van der Waals surface area contributed by atoms with Crippen molar-refractivity contribution in [3.05, 3.63) is 48.5 Å². The van der Waals surface area contributed by atoms with Crippen LogP contribution in [0.25, 0.3) is 16.5 Å². The number of pyridine rings is 1. The van der Waals surface area contributed by atoms with Gasteiger partial charge in [0.05, 0.1) is 17.6 Å². The van der Waals surface area contributed by atoms with E-state index in [2.05, 4.69) is 33.6 Å². The number of benzene rings is 1. The average molecular weight is 253 g/mol. The van der Waals surface area contributed by atoms with E-state index in [1.165, 1.54) is 0 Å². The first-order valence-corrected chi connectivity index (χ1v) is 6.33. The summed E-state index contributed by atoms with van der Waals surface area (Å²) >= 11 is 0. The fraction of sp³-hybridized carbons (Fsp3) is 0.214. The predicted octanol–water partition coefficient (Wildman–Crippen LogP) is 1.92. The van der Waals surface area contributed by atoms with Gasteiger partial charge < -0.3 is 5.32 Å². The topological polar surface area (TPSA) is 55.6 Å². The van der Waals surface area contributed by atoms with Gasteiger partial charge in [0.2, 0.25) is 0 Å². The molecule has 0 unspecified atom stereocenters. The highest BCUT2D eigenvalue weighted by Crippen LogP contribution is 2.21. The minimum Gasteiger partial charge on any atom is -0.311 e. The quantitative estimate of drug-likeness (QED) is 0.772. The Morgan fingerprint density at radius 1 is 1.21 bits per heavy atom. The van der Waals surface area contributed by atoms with Crippen molar-refractivity contribution in [2.75, 3.05) is 6.54 Å². The van der Waals surface area contributed by atoms with Crippen molar-refractivity contribution >= 4 is 10.8 Å². The molecule has 0 amide bonds. The Morgan fingerprint density at radius 3 is 3.05 bits per heavy atom. The van der Waals surface area contributed by atoms with Crippen molar-refractivity contribution in [2.45, 2.75) is 13.5 Å². The Morgan fingerprint density at radius 2 is 2.16 bits per heavy atom. The Bertz CT molecular complexity index is 684. The lowest BCUT2D eigenvalue weighted by molar-refractivity contribution is 0.674. The highest BCUT2D eigenvalue weighted by Gasteiger charge is 2.08. The first kappa shape index (κ1) is 11.8. The third-order valence-electron chi connectivity index (χ3n) is 3.06. The largest absolute Gasteiger partial charge is 0.311 e. The summed E-state index contributed by atoms with van der Waals surface area (Å²) in [4.78, 5) is 4.20. The van der Waals surface area contributed by atoms with E-state index in [4.69, 9.17) is 0 Å². The summed E-state index contributed by atoms with van der Waals surface area (Å²) in [7, 11) is 0. The molecule has 19 heavy (non-hydrogen) atoms. The van der Waals surface area contributed by atoms with Crippen LogP contribution in [0.15, 0.2) is 42.9 Å². The molecule has 0 saturated carbocycles. The van der Waals surface area contributed by atoms with Crippen molar-refractivity contribution in [1.82, 2.24) is 25.3 Å². The molecule has 3 rings (SSSR count). The third-order valence-corrected chi connectivity index (χ3v) is 3.06. The number of rotatable bonds is 4. The number of hydrogen-bond acceptors (Lipinski definition) is 4. The lowest BCUT2D eigenvalue weighted by Crippen LogP contribution is -2.15. The first-order chi connectivity index (χ1) is 9.40. The molecule has 5 heteroatoms. The minimum atomic E-state index is 0.750. The van der Waals surface area contributed by atoms with E-state index in [0.29, 0.717) is 0 Å². The zero-order valence-corrected chi connectivity index (χ0v) is 10.7. The maximum atomic E-state index is 4.20. The van der Waals surface area contributed by atoms with Crippen molar-refractivity contribution in [3.8, 4) is 5.69 Å². The maximum absolute atomic E-state index is 4.20. The third kappa shape index (κ3) is 2.20. The van der Waals surface area contributed by atoms with Gasteiger partial charge in [-0.15, -0.1) is 5.10 Å². The summed E-state index contributed by atoms with van der Waals surface area (Å²) in [6, 6.07) is 8.13. The number of fused-ring (bicyclic) bond motifs is 1. The average Bonchev–Trinajstić information content (AvgIpc) is 2.92. The standard InChI is InChI=1S/C14H15N5/c1-2-15-8-12-9-17-18-19(12)14-5-3-4-11-6-7-16-10-13(11)14/h3-7,9-10,15H,2,8H2,1H3. The molecule has 3 aromatic rings. The lowest BCUT2D eigenvalue weighted by atomic mass is 10.1. The van der Waals surface area contributed by atoms with Crippen LogP contribution in [0.1, 0.15) is 12.6 Å². The molecule has 0 spiro atoms. The normalized spacial score (nSPS) is 11.0. The molecule has 0 atom stereocenters. The number of nitrogens with zero attached hydrogens (tertiary/aromatic N) is 4. The summed E-state index contributed by atoms with van der Waals surface area (Å²) in [5, 5.41) is 13.7. The summed E-state index contributed by atoms with van der Waals surface area (Å²) in [5.74, 6) is 0. The van der Waals surface area contributed by atoms with Gasteiger partial charge in [0, 0.05) is 24.3 Å². The molecule has 96 valence electrons. The molecular formula is C14H15N5. The van der Waals surface area contributed by atoms with E-state index in [0.717, 1.165) is 35.2 Å². The van der Waals surface area contributed by atoms with Crippen LogP contribution in [0.3, 0.4) is 0 Å². The Balaban J connectivity index is 2.12. The van der Waals surface area contributed by atoms with Crippen LogP contribution in [0, 0.1) is 0 Å². The summed E-state index contributed by atoms with van der Waals surface area (Å²) in [6.45, 7) is 3.75. The van der Waals surface area contributed by atoms with Gasteiger partial charge in [0.25, 0.3) is 0 Å².